The van der Waals surface area contributed by atoms with Gasteiger partial charge in [-0.05, 0) is 35.9 Å². The molecule has 0 radical (unpaired) electrons. The van der Waals surface area contributed by atoms with Crippen LogP contribution in [0.5, 0.6) is 5.75 Å². The molecular weight excluding hydrogens is 420 g/mol. The molecule has 1 heterocycles. The molecule has 0 atom stereocenters. The van der Waals surface area contributed by atoms with Crippen molar-refractivity contribution in [2.24, 2.45) is 5.10 Å². The summed E-state index contributed by atoms with van der Waals surface area (Å²) < 4.78 is 6.11. The highest BCUT2D eigenvalue weighted by atomic mass is 16.5. The monoisotopic (exact) mass is 440 g/mol. The summed E-state index contributed by atoms with van der Waals surface area (Å²) in [5, 5.41) is 9.59. The van der Waals surface area contributed by atoms with Crippen molar-refractivity contribution in [1.29, 1.82) is 0 Å². The molecule has 3 aromatic carbocycles. The summed E-state index contributed by atoms with van der Waals surface area (Å²) in [6.07, 6.45) is 1.45. The van der Waals surface area contributed by atoms with Gasteiger partial charge >= 0.3 is 5.97 Å². The Labute approximate surface area is 189 Å². The van der Waals surface area contributed by atoms with Gasteiger partial charge in [-0.25, -0.2) is 10.1 Å². The van der Waals surface area contributed by atoms with Crippen LogP contribution in [0, 0.1) is 0 Å². The van der Waals surface area contributed by atoms with Gasteiger partial charge < -0.3 is 4.74 Å². The number of fused-ring (bicyclic) bond motifs is 1. The third-order valence-corrected chi connectivity index (χ3v) is 4.75. The van der Waals surface area contributed by atoms with E-state index in [0.29, 0.717) is 22.4 Å². The predicted octanol–water partition coefficient (Wildman–Crippen LogP) is 3.14. The maximum absolute atomic E-state index is 12.9. The quantitative estimate of drug-likeness (QED) is 0.215. The van der Waals surface area contributed by atoms with Gasteiger partial charge in [0.05, 0.1) is 17.3 Å². The number of nitrogens with zero attached hydrogens (tertiary/aromatic N) is 3. The maximum Gasteiger partial charge on any atom is 0.308 e. The molecule has 0 saturated carbocycles. The van der Waals surface area contributed by atoms with E-state index in [1.165, 1.54) is 13.1 Å². The van der Waals surface area contributed by atoms with Crippen molar-refractivity contribution in [2.45, 2.75) is 13.5 Å². The topological polar surface area (TPSA) is 103 Å². The van der Waals surface area contributed by atoms with Crippen LogP contribution in [0.15, 0.2) is 88.8 Å². The molecule has 1 aromatic heterocycles. The van der Waals surface area contributed by atoms with Crippen LogP contribution in [0.1, 0.15) is 12.5 Å². The Hall–Kier alpha value is -4.59. The molecule has 0 aliphatic heterocycles. The van der Waals surface area contributed by atoms with Crippen LogP contribution >= 0.6 is 0 Å². The van der Waals surface area contributed by atoms with Gasteiger partial charge in [0.25, 0.3) is 11.5 Å². The molecule has 0 aliphatic carbocycles. The molecule has 4 rings (SSSR count). The van der Waals surface area contributed by atoms with E-state index < -0.39 is 11.9 Å². The Morgan fingerprint density at radius 3 is 2.33 bits per heavy atom. The second-order valence-electron chi connectivity index (χ2n) is 7.18. The minimum atomic E-state index is -0.494. The second-order valence-corrected chi connectivity index (χ2v) is 7.18. The zero-order chi connectivity index (χ0) is 23.2. The highest BCUT2D eigenvalue weighted by Crippen LogP contribution is 2.24. The first-order chi connectivity index (χ1) is 16.0. The number of aromatic nitrogens is 2. The molecule has 0 fully saturated rings. The van der Waals surface area contributed by atoms with E-state index in [4.69, 9.17) is 4.74 Å². The molecule has 0 saturated heterocycles. The Bertz CT molecular complexity index is 1390. The van der Waals surface area contributed by atoms with Gasteiger partial charge in [0.2, 0.25) is 0 Å². The van der Waals surface area contributed by atoms with Crippen LogP contribution in [0.3, 0.4) is 0 Å². The number of benzene rings is 3. The summed E-state index contributed by atoms with van der Waals surface area (Å²) in [5.41, 5.74) is 4.21. The molecule has 8 nitrogen and oxygen atoms in total. The van der Waals surface area contributed by atoms with E-state index in [1.807, 2.05) is 42.5 Å². The summed E-state index contributed by atoms with van der Waals surface area (Å²) in [7, 11) is 0. The summed E-state index contributed by atoms with van der Waals surface area (Å²) in [6.45, 7) is 1.04. The van der Waals surface area contributed by atoms with Gasteiger partial charge in [-0.15, -0.1) is 0 Å². The van der Waals surface area contributed by atoms with Crippen molar-refractivity contribution < 1.29 is 14.3 Å². The third kappa shape index (κ3) is 5.19. The lowest BCUT2D eigenvalue weighted by Crippen LogP contribution is -2.32. The minimum Gasteiger partial charge on any atom is -0.427 e. The van der Waals surface area contributed by atoms with E-state index in [0.717, 1.165) is 15.6 Å². The Morgan fingerprint density at radius 1 is 0.970 bits per heavy atom. The fourth-order valence-electron chi connectivity index (χ4n) is 3.29. The van der Waals surface area contributed by atoms with Crippen LogP contribution in [0.25, 0.3) is 22.0 Å². The average Bonchev–Trinajstić information content (AvgIpc) is 2.82. The smallest absolute Gasteiger partial charge is 0.308 e. The molecule has 0 unspecified atom stereocenters. The van der Waals surface area contributed by atoms with E-state index in [1.54, 1.807) is 36.4 Å². The van der Waals surface area contributed by atoms with E-state index in [-0.39, 0.29) is 12.1 Å². The largest absolute Gasteiger partial charge is 0.427 e. The van der Waals surface area contributed by atoms with E-state index >= 15 is 0 Å². The van der Waals surface area contributed by atoms with Crippen molar-refractivity contribution in [2.75, 3.05) is 0 Å². The number of hydrogen-bond acceptors (Lipinski definition) is 6. The lowest BCUT2D eigenvalue weighted by molar-refractivity contribution is -0.131. The van der Waals surface area contributed by atoms with Crippen LogP contribution in [-0.2, 0) is 16.1 Å². The number of rotatable bonds is 6. The van der Waals surface area contributed by atoms with Crippen molar-refractivity contribution in [3.8, 4) is 17.0 Å². The summed E-state index contributed by atoms with van der Waals surface area (Å²) in [5.74, 6) is -0.483. The van der Waals surface area contributed by atoms with E-state index in [2.05, 4.69) is 15.6 Å². The van der Waals surface area contributed by atoms with Gasteiger partial charge in [0.1, 0.15) is 12.3 Å². The SMILES string of the molecule is CC(=O)Oc1ccc(/C=N\NC(=O)Cn2nc(-c3ccccc3)c3ccccc3c2=O)cc1. The molecule has 0 bridgehead atoms. The normalized spacial score (nSPS) is 10.9. The van der Waals surface area contributed by atoms with Gasteiger partial charge in [-0.2, -0.15) is 10.2 Å². The lowest BCUT2D eigenvalue weighted by atomic mass is 10.1. The number of carbonyl (C=O) groups excluding carboxylic acids is 2. The van der Waals surface area contributed by atoms with E-state index in [9.17, 15) is 14.4 Å². The fourth-order valence-corrected chi connectivity index (χ4v) is 3.29. The van der Waals surface area contributed by atoms with Crippen molar-refractivity contribution in [3.63, 3.8) is 0 Å². The molecule has 0 aliphatic rings. The maximum atomic E-state index is 12.9. The molecule has 4 aromatic rings. The first-order valence-corrected chi connectivity index (χ1v) is 10.2. The molecule has 0 spiro atoms. The van der Waals surface area contributed by atoms with Gasteiger partial charge in [-0.1, -0.05) is 48.5 Å². The van der Waals surface area contributed by atoms with Crippen LogP contribution in [0.4, 0.5) is 0 Å². The summed E-state index contributed by atoms with van der Waals surface area (Å²) >= 11 is 0. The number of amides is 1. The van der Waals surface area contributed by atoms with Gasteiger partial charge in [-0.3, -0.25) is 14.4 Å². The third-order valence-electron chi connectivity index (χ3n) is 4.75. The van der Waals surface area contributed by atoms with Crippen molar-refractivity contribution in [1.82, 2.24) is 15.2 Å². The molecule has 33 heavy (non-hydrogen) atoms. The Kier molecular flexibility index (Phi) is 6.36. The second kappa shape index (κ2) is 9.69. The van der Waals surface area contributed by atoms with Gasteiger partial charge in [0, 0.05) is 17.9 Å². The van der Waals surface area contributed by atoms with Crippen LogP contribution in [0.2, 0.25) is 0 Å². The first kappa shape index (κ1) is 21.6. The highest BCUT2D eigenvalue weighted by molar-refractivity contribution is 5.94. The van der Waals surface area contributed by atoms with Crippen LogP contribution in [-0.4, -0.2) is 27.9 Å². The molecule has 1 N–H and O–H groups in total. The number of esters is 1. The highest BCUT2D eigenvalue weighted by Gasteiger charge is 2.13. The molecule has 8 heteroatoms. The fraction of sp³-hybridized carbons (Fsp3) is 0.0800. The standard InChI is InChI=1S/C25H20N4O4/c1-17(30)33-20-13-11-18(12-14-20)15-26-27-23(31)16-29-25(32)22-10-6-5-9-21(22)24(28-29)19-7-3-2-4-8-19/h2-15H,16H2,1H3,(H,27,31)/b26-15-. The van der Waals surface area contributed by atoms with Crippen LogP contribution < -0.4 is 15.7 Å². The van der Waals surface area contributed by atoms with Crippen molar-refractivity contribution >= 4 is 28.9 Å². The number of carbonyl (C=O) groups is 2. The summed E-state index contributed by atoms with van der Waals surface area (Å²) in [4.78, 5) is 36.3. The molecule has 1 amide bonds. The molecule has 164 valence electrons. The lowest BCUT2D eigenvalue weighted by Gasteiger charge is -2.10. The zero-order valence-electron chi connectivity index (χ0n) is 17.8. The number of nitrogens with one attached hydrogen (secondary N) is 1. The summed E-state index contributed by atoms with van der Waals surface area (Å²) in [6, 6.07) is 23.3. The average molecular weight is 440 g/mol. The minimum absolute atomic E-state index is 0.285. The Morgan fingerprint density at radius 2 is 1.64 bits per heavy atom. The number of hydrogen-bond donors (Lipinski definition) is 1. The van der Waals surface area contributed by atoms with Gasteiger partial charge in [0.15, 0.2) is 0 Å². The number of hydrazone groups is 1. The molecular formula is C25H20N4O4. The zero-order valence-corrected chi connectivity index (χ0v) is 17.8. The predicted molar refractivity (Wildman–Crippen MR) is 125 cm³/mol. The Balaban J connectivity index is 1.52. The first-order valence-electron chi connectivity index (χ1n) is 10.2. The number of ether oxygens (including phenoxy) is 1. The van der Waals surface area contributed by atoms with Crippen molar-refractivity contribution in [3.05, 3.63) is 94.8 Å².